The van der Waals surface area contributed by atoms with Gasteiger partial charge >= 0.3 is 0 Å². The van der Waals surface area contributed by atoms with E-state index in [-0.39, 0.29) is 36.8 Å². The van der Waals surface area contributed by atoms with Gasteiger partial charge < -0.3 is 15.5 Å². The summed E-state index contributed by atoms with van der Waals surface area (Å²) >= 11 is 0. The van der Waals surface area contributed by atoms with Crippen LogP contribution in [0.25, 0.3) is 0 Å². The molecule has 2 heterocycles. The number of pyridine rings is 1. The standard InChI is InChI=1S/C15H24N4O.2ClH/c1-11-5-7-19(10-11)14-8-13(4-6-17-14)15(20)18-9-12(2)16-3;;/h4,6,8,11-12,16H,5,7,9-10H2,1-3H3,(H,18,20);2*1H. The van der Waals surface area contributed by atoms with Gasteiger partial charge in [0, 0.05) is 37.4 Å². The van der Waals surface area contributed by atoms with Crippen LogP contribution in [0.3, 0.4) is 0 Å². The molecule has 1 aliphatic rings. The van der Waals surface area contributed by atoms with Crippen molar-refractivity contribution in [3.8, 4) is 0 Å². The lowest BCUT2D eigenvalue weighted by atomic mass is 10.2. The van der Waals surface area contributed by atoms with Crippen LogP contribution in [0.1, 0.15) is 30.6 Å². The van der Waals surface area contributed by atoms with E-state index in [4.69, 9.17) is 0 Å². The molecule has 7 heteroatoms. The number of amides is 1. The maximum Gasteiger partial charge on any atom is 0.251 e. The minimum Gasteiger partial charge on any atom is -0.356 e. The third-order valence-corrected chi connectivity index (χ3v) is 3.82. The molecule has 0 aromatic carbocycles. The van der Waals surface area contributed by atoms with E-state index < -0.39 is 0 Å². The van der Waals surface area contributed by atoms with Gasteiger partial charge in [-0.25, -0.2) is 4.98 Å². The fourth-order valence-electron chi connectivity index (χ4n) is 2.33. The molecule has 1 amide bonds. The lowest BCUT2D eigenvalue weighted by Gasteiger charge is -2.17. The van der Waals surface area contributed by atoms with Gasteiger partial charge in [-0.3, -0.25) is 4.79 Å². The number of nitrogens with zero attached hydrogens (tertiary/aromatic N) is 2. The van der Waals surface area contributed by atoms with Gasteiger partial charge in [-0.15, -0.1) is 24.8 Å². The van der Waals surface area contributed by atoms with Gasteiger partial charge in [-0.05, 0) is 38.4 Å². The number of hydrogen-bond donors (Lipinski definition) is 2. The first kappa shape index (κ1) is 21.0. The van der Waals surface area contributed by atoms with Crippen LogP contribution >= 0.6 is 24.8 Å². The molecule has 1 aliphatic heterocycles. The van der Waals surface area contributed by atoms with Crippen LogP contribution in [0.5, 0.6) is 0 Å². The summed E-state index contributed by atoms with van der Waals surface area (Å²) in [7, 11) is 1.88. The van der Waals surface area contributed by atoms with Crippen LogP contribution in [0.15, 0.2) is 18.3 Å². The first-order valence-electron chi connectivity index (χ1n) is 7.26. The quantitative estimate of drug-likeness (QED) is 0.855. The van der Waals surface area contributed by atoms with Crippen LogP contribution in [0.4, 0.5) is 5.82 Å². The summed E-state index contributed by atoms with van der Waals surface area (Å²) in [4.78, 5) is 18.7. The molecular weight excluding hydrogens is 323 g/mol. The Morgan fingerprint density at radius 3 is 2.82 bits per heavy atom. The predicted octanol–water partition coefficient (Wildman–Crippen LogP) is 2.11. The van der Waals surface area contributed by atoms with Crippen molar-refractivity contribution in [1.29, 1.82) is 0 Å². The molecule has 0 bridgehead atoms. The number of likely N-dealkylation sites (N-methyl/N-ethyl adjacent to an activating group) is 1. The number of nitrogens with one attached hydrogen (secondary N) is 2. The van der Waals surface area contributed by atoms with E-state index in [1.165, 1.54) is 6.42 Å². The van der Waals surface area contributed by atoms with E-state index in [1.807, 2.05) is 20.0 Å². The van der Waals surface area contributed by atoms with Crippen molar-refractivity contribution < 1.29 is 4.79 Å². The average molecular weight is 349 g/mol. The fraction of sp³-hybridized carbons (Fsp3) is 0.600. The Bertz CT molecular complexity index is 473. The highest BCUT2D eigenvalue weighted by molar-refractivity contribution is 5.94. The second-order valence-corrected chi connectivity index (χ2v) is 5.64. The van der Waals surface area contributed by atoms with Gasteiger partial charge in [0.05, 0.1) is 0 Å². The summed E-state index contributed by atoms with van der Waals surface area (Å²) in [6.45, 7) is 6.94. The van der Waals surface area contributed by atoms with Gasteiger partial charge in [0.1, 0.15) is 5.82 Å². The number of halogens is 2. The van der Waals surface area contributed by atoms with Crippen molar-refractivity contribution in [2.45, 2.75) is 26.3 Å². The zero-order valence-corrected chi connectivity index (χ0v) is 15.0. The molecule has 126 valence electrons. The van der Waals surface area contributed by atoms with Crippen LogP contribution in [0, 0.1) is 5.92 Å². The summed E-state index contributed by atoms with van der Waals surface area (Å²) in [5.74, 6) is 1.57. The molecule has 0 spiro atoms. The fourth-order valence-corrected chi connectivity index (χ4v) is 2.33. The second kappa shape index (κ2) is 9.87. The normalized spacial score (nSPS) is 18.1. The molecule has 2 unspecified atom stereocenters. The van der Waals surface area contributed by atoms with Gasteiger partial charge in [0.2, 0.25) is 0 Å². The van der Waals surface area contributed by atoms with Crippen LogP contribution in [-0.2, 0) is 0 Å². The Kier molecular flexibility index (Phi) is 9.41. The molecule has 0 saturated carbocycles. The zero-order valence-electron chi connectivity index (χ0n) is 13.3. The number of aromatic nitrogens is 1. The van der Waals surface area contributed by atoms with Crippen molar-refractivity contribution in [3.63, 3.8) is 0 Å². The van der Waals surface area contributed by atoms with E-state index in [0.29, 0.717) is 18.0 Å². The van der Waals surface area contributed by atoms with Crippen molar-refractivity contribution in [2.75, 3.05) is 31.6 Å². The van der Waals surface area contributed by atoms with E-state index in [9.17, 15) is 4.79 Å². The molecule has 1 fully saturated rings. The van der Waals surface area contributed by atoms with Gasteiger partial charge in [-0.2, -0.15) is 0 Å². The number of carbonyl (C=O) groups is 1. The molecular formula is C15H26Cl2N4O. The molecule has 5 nitrogen and oxygen atoms in total. The molecule has 0 radical (unpaired) electrons. The van der Waals surface area contributed by atoms with Crippen LogP contribution < -0.4 is 15.5 Å². The minimum absolute atomic E-state index is 0. The van der Waals surface area contributed by atoms with E-state index in [1.54, 1.807) is 12.3 Å². The maximum atomic E-state index is 12.1. The number of rotatable bonds is 5. The minimum atomic E-state index is -0.0389. The summed E-state index contributed by atoms with van der Waals surface area (Å²) in [6.07, 6.45) is 2.91. The summed E-state index contributed by atoms with van der Waals surface area (Å²) in [6, 6.07) is 3.92. The van der Waals surface area contributed by atoms with Crippen molar-refractivity contribution in [3.05, 3.63) is 23.9 Å². The first-order chi connectivity index (χ1) is 9.60. The Hall–Kier alpha value is -1.04. The zero-order chi connectivity index (χ0) is 14.5. The maximum absolute atomic E-state index is 12.1. The average Bonchev–Trinajstić information content (AvgIpc) is 2.91. The third-order valence-electron chi connectivity index (χ3n) is 3.82. The van der Waals surface area contributed by atoms with Gasteiger partial charge in [0.15, 0.2) is 0 Å². The van der Waals surface area contributed by atoms with Crippen LogP contribution in [0.2, 0.25) is 0 Å². The van der Waals surface area contributed by atoms with E-state index in [2.05, 4.69) is 27.4 Å². The molecule has 22 heavy (non-hydrogen) atoms. The Balaban J connectivity index is 0.00000220. The highest BCUT2D eigenvalue weighted by Crippen LogP contribution is 2.22. The van der Waals surface area contributed by atoms with Gasteiger partial charge in [0.25, 0.3) is 5.91 Å². The molecule has 2 rings (SSSR count). The molecule has 1 aromatic rings. The summed E-state index contributed by atoms with van der Waals surface area (Å²) < 4.78 is 0. The van der Waals surface area contributed by atoms with Crippen molar-refractivity contribution in [1.82, 2.24) is 15.6 Å². The monoisotopic (exact) mass is 348 g/mol. The molecule has 2 N–H and O–H groups in total. The molecule has 2 atom stereocenters. The predicted molar refractivity (Wildman–Crippen MR) is 95.6 cm³/mol. The Morgan fingerprint density at radius 2 is 2.23 bits per heavy atom. The number of hydrogen-bond acceptors (Lipinski definition) is 4. The summed E-state index contributed by atoms with van der Waals surface area (Å²) in [5, 5.41) is 6.03. The first-order valence-corrected chi connectivity index (χ1v) is 7.26. The molecule has 1 saturated heterocycles. The number of anilines is 1. The lowest BCUT2D eigenvalue weighted by Crippen LogP contribution is -2.37. The largest absolute Gasteiger partial charge is 0.356 e. The highest BCUT2D eigenvalue weighted by Gasteiger charge is 2.20. The smallest absolute Gasteiger partial charge is 0.251 e. The third kappa shape index (κ3) is 5.63. The topological polar surface area (TPSA) is 57.3 Å². The van der Waals surface area contributed by atoms with Crippen molar-refractivity contribution in [2.24, 2.45) is 5.92 Å². The lowest BCUT2D eigenvalue weighted by molar-refractivity contribution is 0.0950. The highest BCUT2D eigenvalue weighted by atomic mass is 35.5. The van der Waals surface area contributed by atoms with E-state index in [0.717, 1.165) is 18.9 Å². The molecule has 0 aliphatic carbocycles. The Morgan fingerprint density at radius 1 is 1.50 bits per heavy atom. The number of carbonyl (C=O) groups excluding carboxylic acids is 1. The van der Waals surface area contributed by atoms with Crippen molar-refractivity contribution >= 4 is 36.5 Å². The SMILES string of the molecule is CNC(C)CNC(=O)c1ccnc(N2CCC(C)C2)c1.Cl.Cl. The second-order valence-electron chi connectivity index (χ2n) is 5.64. The molecule has 1 aromatic heterocycles. The van der Waals surface area contributed by atoms with E-state index >= 15 is 0 Å². The Labute approximate surface area is 145 Å². The van der Waals surface area contributed by atoms with Crippen LogP contribution in [-0.4, -0.2) is 43.6 Å². The summed E-state index contributed by atoms with van der Waals surface area (Å²) in [5.41, 5.74) is 0.679. The van der Waals surface area contributed by atoms with Gasteiger partial charge in [-0.1, -0.05) is 6.92 Å².